The van der Waals surface area contributed by atoms with Crippen LogP contribution in [0.2, 0.25) is 5.02 Å². The molecule has 76 valence electrons. The van der Waals surface area contributed by atoms with Gasteiger partial charge in [-0.25, -0.2) is 4.39 Å². The van der Waals surface area contributed by atoms with Gasteiger partial charge in [0.2, 0.25) is 0 Å². The molecule has 2 rings (SSSR count). The van der Waals surface area contributed by atoms with Crippen LogP contribution in [0.3, 0.4) is 0 Å². The number of nitrogens with one attached hydrogen (secondary N) is 1. The van der Waals surface area contributed by atoms with Gasteiger partial charge in [-0.2, -0.15) is 0 Å². The topological polar surface area (TPSA) is 21.3 Å². The summed E-state index contributed by atoms with van der Waals surface area (Å²) in [6, 6.07) is 4.72. The number of hydrogen-bond acceptors (Lipinski definition) is 2. The predicted molar refractivity (Wildman–Crippen MR) is 52.9 cm³/mol. The van der Waals surface area contributed by atoms with E-state index in [2.05, 4.69) is 5.32 Å². The van der Waals surface area contributed by atoms with Crippen LogP contribution in [0, 0.1) is 5.82 Å². The molecule has 0 aliphatic carbocycles. The van der Waals surface area contributed by atoms with Crippen molar-refractivity contribution in [3.63, 3.8) is 0 Å². The number of halogens is 2. The highest BCUT2D eigenvalue weighted by Gasteiger charge is 2.18. The Hall–Kier alpha value is -0.640. The first kappa shape index (κ1) is 9.90. The van der Waals surface area contributed by atoms with Crippen molar-refractivity contribution in [2.45, 2.75) is 12.5 Å². The predicted octanol–water partition coefficient (Wildman–Crippen LogP) is 1.97. The molecular formula is C10H11ClFNO. The van der Waals surface area contributed by atoms with Gasteiger partial charge in [0.15, 0.2) is 0 Å². The summed E-state index contributed by atoms with van der Waals surface area (Å²) in [7, 11) is 0. The van der Waals surface area contributed by atoms with Gasteiger partial charge in [0.1, 0.15) is 5.82 Å². The Morgan fingerprint density at radius 2 is 2.43 bits per heavy atom. The maximum Gasteiger partial charge on any atom is 0.127 e. The Labute approximate surface area is 87.0 Å². The third-order valence-electron chi connectivity index (χ3n) is 2.29. The van der Waals surface area contributed by atoms with Crippen molar-refractivity contribution in [3.8, 4) is 0 Å². The molecule has 4 heteroatoms. The molecule has 0 saturated carbocycles. The van der Waals surface area contributed by atoms with Crippen LogP contribution in [0.25, 0.3) is 0 Å². The maximum atomic E-state index is 13.3. The minimum absolute atomic E-state index is 0.0319. The minimum Gasteiger partial charge on any atom is -0.361 e. The van der Waals surface area contributed by atoms with E-state index in [-0.39, 0.29) is 11.9 Å². The van der Waals surface area contributed by atoms with Crippen molar-refractivity contribution < 1.29 is 9.13 Å². The van der Waals surface area contributed by atoms with Crippen molar-refractivity contribution >= 4 is 11.6 Å². The molecular weight excluding hydrogens is 205 g/mol. The van der Waals surface area contributed by atoms with Crippen LogP contribution >= 0.6 is 11.6 Å². The molecule has 0 radical (unpaired) electrons. The maximum absolute atomic E-state index is 13.3. The fraction of sp³-hybridized carbons (Fsp3) is 0.400. The van der Waals surface area contributed by atoms with Crippen molar-refractivity contribution in [3.05, 3.63) is 34.6 Å². The monoisotopic (exact) mass is 215 g/mol. The second-order valence-electron chi connectivity index (χ2n) is 3.29. The van der Waals surface area contributed by atoms with E-state index in [4.69, 9.17) is 16.3 Å². The molecule has 0 amide bonds. The van der Waals surface area contributed by atoms with Crippen molar-refractivity contribution in [1.82, 2.24) is 5.32 Å². The first-order valence-electron chi connectivity index (χ1n) is 4.52. The fourth-order valence-electron chi connectivity index (χ4n) is 1.54. The van der Waals surface area contributed by atoms with Crippen molar-refractivity contribution in [2.75, 3.05) is 13.3 Å². The molecule has 1 aromatic carbocycles. The van der Waals surface area contributed by atoms with Gasteiger partial charge >= 0.3 is 0 Å². The Kier molecular flexibility index (Phi) is 3.01. The van der Waals surface area contributed by atoms with Gasteiger partial charge in [0, 0.05) is 23.6 Å². The van der Waals surface area contributed by atoms with E-state index >= 15 is 0 Å². The molecule has 2 nitrogen and oxygen atoms in total. The lowest BCUT2D eigenvalue weighted by molar-refractivity contribution is 0.113. The fourth-order valence-corrected chi connectivity index (χ4v) is 1.78. The molecule has 0 bridgehead atoms. The Morgan fingerprint density at radius 3 is 3.07 bits per heavy atom. The van der Waals surface area contributed by atoms with Gasteiger partial charge in [0.25, 0.3) is 0 Å². The second-order valence-corrected chi connectivity index (χ2v) is 3.70. The van der Waals surface area contributed by atoms with Crippen LogP contribution in [0.15, 0.2) is 18.2 Å². The lowest BCUT2D eigenvalue weighted by atomic mass is 10.1. The summed E-state index contributed by atoms with van der Waals surface area (Å²) in [6.45, 7) is 1.29. The smallest absolute Gasteiger partial charge is 0.127 e. The summed E-state index contributed by atoms with van der Waals surface area (Å²) in [4.78, 5) is 0. The van der Waals surface area contributed by atoms with E-state index in [1.165, 1.54) is 6.07 Å². The summed E-state index contributed by atoms with van der Waals surface area (Å²) in [5.41, 5.74) is 0.544. The van der Waals surface area contributed by atoms with Crippen LogP contribution in [0.4, 0.5) is 4.39 Å². The Morgan fingerprint density at radius 1 is 1.57 bits per heavy atom. The average Bonchev–Trinajstić information content (AvgIpc) is 2.64. The highest BCUT2D eigenvalue weighted by Crippen LogP contribution is 2.21. The molecule has 1 aromatic rings. The van der Waals surface area contributed by atoms with Gasteiger partial charge in [-0.05, 0) is 12.1 Å². The molecule has 0 aromatic heterocycles. The number of rotatable bonds is 2. The Bertz CT molecular complexity index is 306. The molecule has 0 spiro atoms. The van der Waals surface area contributed by atoms with Crippen LogP contribution in [-0.4, -0.2) is 19.4 Å². The third-order valence-corrected chi connectivity index (χ3v) is 2.64. The van der Waals surface area contributed by atoms with Gasteiger partial charge in [-0.15, -0.1) is 0 Å². The lowest BCUT2D eigenvalue weighted by Gasteiger charge is -2.10. The summed E-state index contributed by atoms with van der Waals surface area (Å²) in [5, 5.41) is 3.52. The standard InChI is InChI=1S/C10H11ClFNO/c11-9-2-1-3-10(12)8(9)4-7-5-13-6-14-7/h1-3,7,13H,4-6H2. The van der Waals surface area contributed by atoms with Crippen LogP contribution in [0.1, 0.15) is 5.56 Å². The molecule has 1 unspecified atom stereocenters. The van der Waals surface area contributed by atoms with Crippen LogP contribution < -0.4 is 5.32 Å². The third kappa shape index (κ3) is 2.05. The molecule has 14 heavy (non-hydrogen) atoms. The molecule has 1 aliphatic heterocycles. The second kappa shape index (κ2) is 4.26. The highest BCUT2D eigenvalue weighted by molar-refractivity contribution is 6.31. The van der Waals surface area contributed by atoms with E-state index in [1.807, 2.05) is 0 Å². The zero-order chi connectivity index (χ0) is 9.97. The van der Waals surface area contributed by atoms with Crippen molar-refractivity contribution in [2.24, 2.45) is 0 Å². The molecule has 1 heterocycles. The zero-order valence-electron chi connectivity index (χ0n) is 7.59. The summed E-state index contributed by atoms with van der Waals surface area (Å²) < 4.78 is 18.7. The van der Waals surface area contributed by atoms with Gasteiger partial charge < -0.3 is 4.74 Å². The van der Waals surface area contributed by atoms with Gasteiger partial charge in [-0.3, -0.25) is 5.32 Å². The molecule has 1 fully saturated rings. The lowest BCUT2D eigenvalue weighted by Crippen LogP contribution is -2.17. The normalized spacial score (nSPS) is 21.4. The quantitative estimate of drug-likeness (QED) is 0.815. The van der Waals surface area contributed by atoms with Gasteiger partial charge in [0.05, 0.1) is 12.8 Å². The number of benzene rings is 1. The van der Waals surface area contributed by atoms with Gasteiger partial charge in [-0.1, -0.05) is 17.7 Å². The van der Waals surface area contributed by atoms with E-state index in [0.717, 1.165) is 6.54 Å². The summed E-state index contributed by atoms with van der Waals surface area (Å²) >= 11 is 5.89. The SMILES string of the molecule is Fc1cccc(Cl)c1CC1CNCO1. The summed E-state index contributed by atoms with van der Waals surface area (Å²) in [6.07, 6.45) is 0.558. The van der Waals surface area contributed by atoms with Crippen LogP contribution in [0.5, 0.6) is 0 Å². The minimum atomic E-state index is -0.256. The van der Waals surface area contributed by atoms with E-state index < -0.39 is 0 Å². The first-order valence-corrected chi connectivity index (χ1v) is 4.90. The number of ether oxygens (including phenoxy) is 1. The highest BCUT2D eigenvalue weighted by atomic mass is 35.5. The molecule has 1 saturated heterocycles. The van der Waals surface area contributed by atoms with E-state index in [9.17, 15) is 4.39 Å². The Balaban J connectivity index is 2.14. The largest absolute Gasteiger partial charge is 0.361 e. The van der Waals surface area contributed by atoms with E-state index in [0.29, 0.717) is 23.7 Å². The summed E-state index contributed by atoms with van der Waals surface area (Å²) in [5.74, 6) is -0.256. The average molecular weight is 216 g/mol. The zero-order valence-corrected chi connectivity index (χ0v) is 8.35. The van der Waals surface area contributed by atoms with Crippen molar-refractivity contribution in [1.29, 1.82) is 0 Å². The molecule has 1 N–H and O–H groups in total. The van der Waals surface area contributed by atoms with Crippen LogP contribution in [-0.2, 0) is 11.2 Å². The first-order chi connectivity index (χ1) is 6.77. The molecule has 1 aliphatic rings. The number of hydrogen-bond donors (Lipinski definition) is 1. The van der Waals surface area contributed by atoms with E-state index in [1.54, 1.807) is 12.1 Å². The molecule has 1 atom stereocenters.